The van der Waals surface area contributed by atoms with Gasteiger partial charge in [-0.15, -0.1) is 0 Å². The van der Waals surface area contributed by atoms with Gasteiger partial charge in [-0.25, -0.2) is 15.0 Å². The van der Waals surface area contributed by atoms with E-state index >= 15 is 0 Å². The van der Waals surface area contributed by atoms with E-state index in [0.29, 0.717) is 13.1 Å². The number of alkyl halides is 3. The fraction of sp³-hybridized carbons (Fsp3) is 0.300. The second kappa shape index (κ2) is 5.43. The summed E-state index contributed by atoms with van der Waals surface area (Å²) in [6, 6.07) is 1.24. The van der Waals surface area contributed by atoms with Crippen LogP contribution in [0.1, 0.15) is 5.82 Å². The van der Waals surface area contributed by atoms with Crippen molar-refractivity contribution >= 4 is 17.4 Å². The molecular weight excluding hydrogens is 283 g/mol. The summed E-state index contributed by atoms with van der Waals surface area (Å²) in [4.78, 5) is 10.4. The van der Waals surface area contributed by atoms with Crippen LogP contribution in [-0.2, 0) is 12.7 Å². The van der Waals surface area contributed by atoms with Crippen molar-refractivity contribution in [2.75, 3.05) is 11.9 Å². The molecule has 0 aromatic carbocycles. The molecule has 0 saturated heterocycles. The van der Waals surface area contributed by atoms with E-state index in [4.69, 9.17) is 11.6 Å². The number of anilines is 1. The Kier molecular flexibility index (Phi) is 3.89. The van der Waals surface area contributed by atoms with Gasteiger partial charge in [0.25, 0.3) is 0 Å². The molecule has 5 nitrogen and oxygen atoms in total. The second-order valence-corrected chi connectivity index (χ2v) is 4.01. The minimum absolute atomic E-state index is 0.0347. The Morgan fingerprint density at radius 1 is 1.32 bits per heavy atom. The highest BCUT2D eigenvalue weighted by Crippen LogP contribution is 2.28. The van der Waals surface area contributed by atoms with Crippen LogP contribution in [-0.4, -0.2) is 26.1 Å². The lowest BCUT2D eigenvalue weighted by Crippen LogP contribution is -2.15. The molecule has 2 aromatic heterocycles. The first-order valence-electron chi connectivity index (χ1n) is 5.26. The lowest BCUT2D eigenvalue weighted by Gasteiger charge is -2.09. The molecule has 0 spiro atoms. The smallest absolute Gasteiger partial charge is 0.368 e. The molecule has 19 heavy (non-hydrogen) atoms. The average Bonchev–Trinajstić information content (AvgIpc) is 2.80. The van der Waals surface area contributed by atoms with Gasteiger partial charge >= 0.3 is 6.18 Å². The van der Waals surface area contributed by atoms with E-state index in [2.05, 4.69) is 20.3 Å². The zero-order chi connectivity index (χ0) is 13.9. The van der Waals surface area contributed by atoms with Crippen LogP contribution in [0.25, 0.3) is 0 Å². The quantitative estimate of drug-likeness (QED) is 0.879. The molecule has 9 heteroatoms. The first-order valence-corrected chi connectivity index (χ1v) is 5.64. The van der Waals surface area contributed by atoms with Crippen LogP contribution in [0.2, 0.25) is 5.15 Å². The van der Waals surface area contributed by atoms with Crippen LogP contribution in [0.3, 0.4) is 0 Å². The normalized spacial score (nSPS) is 11.6. The van der Waals surface area contributed by atoms with Crippen molar-refractivity contribution in [1.82, 2.24) is 19.5 Å². The first-order chi connectivity index (χ1) is 8.95. The molecule has 2 rings (SSSR count). The molecule has 102 valence electrons. The maximum absolute atomic E-state index is 12.5. The predicted octanol–water partition coefficient (Wildman–Crippen LogP) is 2.46. The summed E-state index contributed by atoms with van der Waals surface area (Å²) in [6.45, 7) is 0.934. The summed E-state index contributed by atoms with van der Waals surface area (Å²) < 4.78 is 39.2. The molecule has 1 N–H and O–H groups in total. The van der Waals surface area contributed by atoms with E-state index in [1.165, 1.54) is 6.07 Å². The number of nitrogens with one attached hydrogen (secondary N) is 1. The van der Waals surface area contributed by atoms with Crippen LogP contribution in [0.15, 0.2) is 24.8 Å². The van der Waals surface area contributed by atoms with Gasteiger partial charge in [-0.3, -0.25) is 0 Å². The van der Waals surface area contributed by atoms with Crippen molar-refractivity contribution in [3.63, 3.8) is 0 Å². The third kappa shape index (κ3) is 3.82. The molecule has 2 aromatic rings. The third-order valence-electron chi connectivity index (χ3n) is 2.18. The third-order valence-corrected chi connectivity index (χ3v) is 2.38. The highest BCUT2D eigenvalue weighted by Gasteiger charge is 2.35. The monoisotopic (exact) mass is 291 g/mol. The maximum atomic E-state index is 12.5. The van der Waals surface area contributed by atoms with Crippen LogP contribution >= 0.6 is 11.6 Å². The van der Waals surface area contributed by atoms with E-state index in [0.717, 1.165) is 0 Å². The molecule has 0 aliphatic carbocycles. The molecule has 0 bridgehead atoms. The summed E-state index contributed by atoms with van der Waals surface area (Å²) in [7, 11) is 0. The first kappa shape index (κ1) is 13.6. The summed E-state index contributed by atoms with van der Waals surface area (Å²) >= 11 is 5.53. The zero-order valence-corrected chi connectivity index (χ0v) is 10.3. The number of halogens is 4. The molecular formula is C10H9ClF3N5. The van der Waals surface area contributed by atoms with Crippen molar-refractivity contribution in [1.29, 1.82) is 0 Å². The van der Waals surface area contributed by atoms with Crippen molar-refractivity contribution in [3.05, 3.63) is 35.8 Å². The largest absolute Gasteiger partial charge is 0.451 e. The topological polar surface area (TPSA) is 55.6 Å². The highest BCUT2D eigenvalue weighted by atomic mass is 35.5. The minimum atomic E-state index is -4.62. The average molecular weight is 292 g/mol. The maximum Gasteiger partial charge on any atom is 0.451 e. The van der Waals surface area contributed by atoms with E-state index in [-0.39, 0.29) is 11.0 Å². The molecule has 0 unspecified atom stereocenters. The number of aromatic nitrogens is 4. The zero-order valence-electron chi connectivity index (χ0n) is 9.52. The number of hydrogen-bond donors (Lipinski definition) is 1. The molecule has 0 radical (unpaired) electrons. The van der Waals surface area contributed by atoms with Gasteiger partial charge in [-0.2, -0.15) is 13.2 Å². The van der Waals surface area contributed by atoms with Crippen molar-refractivity contribution in [2.45, 2.75) is 12.7 Å². The Bertz CT molecular complexity index is 541. The fourth-order valence-corrected chi connectivity index (χ4v) is 1.55. The number of imidazole rings is 1. The van der Waals surface area contributed by atoms with Crippen molar-refractivity contribution in [3.8, 4) is 0 Å². The van der Waals surface area contributed by atoms with E-state index < -0.39 is 12.0 Å². The standard InChI is InChI=1S/C10H9ClF3N5/c11-7-5-8(18-9(17-7)10(12,13)14)16-2-4-19-3-1-15-6-19/h1,3,5-6H,2,4H2,(H,16,17,18). The Morgan fingerprint density at radius 2 is 2.11 bits per heavy atom. The summed E-state index contributed by atoms with van der Waals surface area (Å²) in [5.74, 6) is -1.22. The Balaban J connectivity index is 2.02. The number of hydrogen-bond acceptors (Lipinski definition) is 4. The van der Waals surface area contributed by atoms with Gasteiger partial charge in [-0.1, -0.05) is 11.6 Å². The van der Waals surface area contributed by atoms with Gasteiger partial charge in [0.05, 0.1) is 6.33 Å². The van der Waals surface area contributed by atoms with Gasteiger partial charge in [0, 0.05) is 31.5 Å². The highest BCUT2D eigenvalue weighted by molar-refractivity contribution is 6.29. The lowest BCUT2D eigenvalue weighted by molar-refractivity contribution is -0.144. The van der Waals surface area contributed by atoms with Gasteiger partial charge in [0.1, 0.15) is 11.0 Å². The fourth-order valence-electron chi connectivity index (χ4n) is 1.37. The molecule has 2 heterocycles. The number of rotatable bonds is 4. The Morgan fingerprint density at radius 3 is 2.74 bits per heavy atom. The van der Waals surface area contributed by atoms with Gasteiger partial charge in [0.15, 0.2) is 0 Å². The van der Waals surface area contributed by atoms with Gasteiger partial charge in [0.2, 0.25) is 5.82 Å². The van der Waals surface area contributed by atoms with E-state index in [1.54, 1.807) is 23.3 Å². The second-order valence-electron chi connectivity index (χ2n) is 3.62. The predicted molar refractivity (Wildman–Crippen MR) is 62.8 cm³/mol. The van der Waals surface area contributed by atoms with Crippen molar-refractivity contribution < 1.29 is 13.2 Å². The summed E-state index contributed by atoms with van der Waals surface area (Å²) in [5.41, 5.74) is 0. The number of nitrogens with zero attached hydrogens (tertiary/aromatic N) is 4. The molecule has 0 saturated carbocycles. The van der Waals surface area contributed by atoms with Gasteiger partial charge < -0.3 is 9.88 Å². The molecule has 0 aliphatic heterocycles. The minimum Gasteiger partial charge on any atom is -0.368 e. The Labute approximate surface area is 111 Å². The van der Waals surface area contributed by atoms with E-state index in [1.807, 2.05) is 0 Å². The van der Waals surface area contributed by atoms with Crippen LogP contribution in [0.4, 0.5) is 19.0 Å². The molecule has 0 amide bonds. The van der Waals surface area contributed by atoms with Crippen LogP contribution < -0.4 is 5.32 Å². The summed E-state index contributed by atoms with van der Waals surface area (Å²) in [6.07, 6.45) is 0.348. The van der Waals surface area contributed by atoms with Crippen molar-refractivity contribution in [2.24, 2.45) is 0 Å². The summed E-state index contributed by atoms with van der Waals surface area (Å²) in [5, 5.41) is 2.50. The Hall–Kier alpha value is -1.83. The SMILES string of the molecule is FC(F)(F)c1nc(Cl)cc(NCCn2ccnc2)n1. The van der Waals surface area contributed by atoms with E-state index in [9.17, 15) is 13.2 Å². The lowest BCUT2D eigenvalue weighted by atomic mass is 10.5. The van der Waals surface area contributed by atoms with Gasteiger partial charge in [-0.05, 0) is 0 Å². The van der Waals surface area contributed by atoms with Crippen LogP contribution in [0.5, 0.6) is 0 Å². The van der Waals surface area contributed by atoms with Crippen LogP contribution in [0, 0.1) is 0 Å². The molecule has 0 atom stereocenters. The molecule has 0 fully saturated rings. The molecule has 0 aliphatic rings.